The van der Waals surface area contributed by atoms with Gasteiger partial charge in [-0.1, -0.05) is 33.3 Å². The van der Waals surface area contributed by atoms with Crippen molar-refractivity contribution in [2.45, 2.75) is 52.8 Å². The van der Waals surface area contributed by atoms with E-state index >= 15 is 0 Å². The van der Waals surface area contributed by atoms with Crippen molar-refractivity contribution >= 4 is 8.32 Å². The molecule has 0 bridgehead atoms. The molecule has 0 saturated heterocycles. The summed E-state index contributed by atoms with van der Waals surface area (Å²) >= 11 is 0. The number of rotatable bonds is 3. The summed E-state index contributed by atoms with van der Waals surface area (Å²) < 4.78 is 6.07. The fourth-order valence-electron chi connectivity index (χ4n) is 0.803. The third-order valence-corrected chi connectivity index (χ3v) is 7.43. The SMILES string of the molecule is C=C(O[Si](C)(C)C(C)(C)C)C(C)=CC#CC. The smallest absolute Gasteiger partial charge is 0.250 e. The van der Waals surface area contributed by atoms with E-state index in [4.69, 9.17) is 4.43 Å². The molecule has 0 aromatic carbocycles. The Bertz CT molecular complexity index is 345. The second kappa shape index (κ2) is 5.40. The van der Waals surface area contributed by atoms with Gasteiger partial charge >= 0.3 is 0 Å². The Balaban J connectivity index is 4.74. The van der Waals surface area contributed by atoms with Crippen molar-refractivity contribution in [3.05, 3.63) is 24.0 Å². The molecule has 0 saturated carbocycles. The first-order valence-electron chi connectivity index (χ1n) is 5.59. The summed E-state index contributed by atoms with van der Waals surface area (Å²) in [6, 6.07) is 0. The van der Waals surface area contributed by atoms with Gasteiger partial charge in [0.05, 0.1) is 5.76 Å². The molecule has 0 rings (SSSR count). The Hall–Kier alpha value is -0.943. The number of hydrogen-bond donors (Lipinski definition) is 0. The van der Waals surface area contributed by atoms with Crippen LogP contribution in [0, 0.1) is 11.8 Å². The molecule has 0 amide bonds. The van der Waals surface area contributed by atoms with Crippen LogP contribution in [0.5, 0.6) is 0 Å². The van der Waals surface area contributed by atoms with Crippen molar-refractivity contribution in [2.24, 2.45) is 0 Å². The van der Waals surface area contributed by atoms with Gasteiger partial charge in [0.15, 0.2) is 0 Å². The van der Waals surface area contributed by atoms with Crippen molar-refractivity contribution in [2.75, 3.05) is 0 Å². The molecule has 0 fully saturated rings. The van der Waals surface area contributed by atoms with Crippen molar-refractivity contribution in [3.63, 3.8) is 0 Å². The quantitative estimate of drug-likeness (QED) is 0.303. The van der Waals surface area contributed by atoms with Crippen LogP contribution in [0.25, 0.3) is 0 Å². The predicted molar refractivity (Wildman–Crippen MR) is 74.6 cm³/mol. The van der Waals surface area contributed by atoms with Crippen LogP contribution in [0.1, 0.15) is 34.6 Å². The van der Waals surface area contributed by atoms with E-state index in [2.05, 4.69) is 52.3 Å². The van der Waals surface area contributed by atoms with E-state index in [0.29, 0.717) is 0 Å². The maximum Gasteiger partial charge on any atom is 0.250 e. The van der Waals surface area contributed by atoms with Gasteiger partial charge in [-0.15, -0.1) is 5.92 Å². The normalized spacial score (nSPS) is 12.8. The summed E-state index contributed by atoms with van der Waals surface area (Å²) in [5, 5.41) is 0.201. The molecule has 0 spiro atoms. The average molecular weight is 236 g/mol. The van der Waals surface area contributed by atoms with Crippen molar-refractivity contribution in [1.29, 1.82) is 0 Å². The van der Waals surface area contributed by atoms with Crippen LogP contribution in [0.2, 0.25) is 18.1 Å². The molecule has 0 aliphatic carbocycles. The lowest BCUT2D eigenvalue weighted by Crippen LogP contribution is -2.40. The highest BCUT2D eigenvalue weighted by molar-refractivity contribution is 6.74. The van der Waals surface area contributed by atoms with Gasteiger partial charge in [0.2, 0.25) is 8.32 Å². The molecule has 0 unspecified atom stereocenters. The molecule has 0 aliphatic rings. The fourth-order valence-corrected chi connectivity index (χ4v) is 1.89. The summed E-state index contributed by atoms with van der Waals surface area (Å²) in [4.78, 5) is 0. The third kappa shape index (κ3) is 4.28. The van der Waals surface area contributed by atoms with Gasteiger partial charge < -0.3 is 4.43 Å². The molecule has 1 nitrogen and oxygen atoms in total. The first-order valence-corrected chi connectivity index (χ1v) is 8.50. The molecule has 0 aromatic heterocycles. The zero-order valence-electron chi connectivity index (χ0n) is 11.7. The van der Waals surface area contributed by atoms with E-state index in [0.717, 1.165) is 11.3 Å². The third-order valence-electron chi connectivity index (χ3n) is 3.06. The summed E-state index contributed by atoms with van der Waals surface area (Å²) in [5.74, 6) is 6.51. The molecule has 0 heterocycles. The largest absolute Gasteiger partial charge is 0.544 e. The Morgan fingerprint density at radius 3 is 2.19 bits per heavy atom. The standard InChI is InChI=1S/C14H24OSi/c1-9-10-11-12(2)13(3)15-16(7,8)14(4,5)6/h11H,3H2,1-2,4-8H3. The van der Waals surface area contributed by atoms with Gasteiger partial charge in [-0.2, -0.15) is 0 Å². The summed E-state index contributed by atoms with van der Waals surface area (Å²) in [6.45, 7) is 18.9. The Morgan fingerprint density at radius 1 is 1.31 bits per heavy atom. The fraction of sp³-hybridized carbons (Fsp3) is 0.571. The van der Waals surface area contributed by atoms with Crippen LogP contribution in [0.4, 0.5) is 0 Å². The van der Waals surface area contributed by atoms with Crippen LogP contribution in [0.15, 0.2) is 24.0 Å². The molecule has 16 heavy (non-hydrogen) atoms. The maximum absolute atomic E-state index is 6.07. The molecule has 0 N–H and O–H groups in total. The Labute approximate surface area is 102 Å². The zero-order valence-corrected chi connectivity index (χ0v) is 12.7. The highest BCUT2D eigenvalue weighted by atomic mass is 28.4. The first kappa shape index (κ1) is 15.1. The molecule has 0 radical (unpaired) electrons. The second-order valence-corrected chi connectivity index (χ2v) is 10.2. The van der Waals surface area contributed by atoms with E-state index < -0.39 is 8.32 Å². The minimum absolute atomic E-state index is 0.201. The van der Waals surface area contributed by atoms with E-state index in [1.807, 2.05) is 19.9 Å². The summed E-state index contributed by atoms with van der Waals surface area (Å²) in [7, 11) is -1.76. The summed E-state index contributed by atoms with van der Waals surface area (Å²) in [5.41, 5.74) is 1.01. The molecular formula is C14H24OSi. The molecular weight excluding hydrogens is 212 g/mol. The highest BCUT2D eigenvalue weighted by Gasteiger charge is 2.39. The van der Waals surface area contributed by atoms with E-state index in [1.54, 1.807) is 0 Å². The average Bonchev–Trinajstić information content (AvgIpc) is 2.11. The topological polar surface area (TPSA) is 9.23 Å². The maximum atomic E-state index is 6.07. The van der Waals surface area contributed by atoms with Gasteiger partial charge in [-0.25, -0.2) is 0 Å². The van der Waals surface area contributed by atoms with E-state index in [1.165, 1.54) is 0 Å². The summed E-state index contributed by atoms with van der Waals surface area (Å²) in [6.07, 6.45) is 1.86. The van der Waals surface area contributed by atoms with Crippen molar-refractivity contribution < 1.29 is 4.43 Å². The Morgan fingerprint density at radius 2 is 1.81 bits per heavy atom. The molecule has 2 heteroatoms. The van der Waals surface area contributed by atoms with Crippen LogP contribution >= 0.6 is 0 Å². The minimum Gasteiger partial charge on any atom is -0.544 e. The van der Waals surface area contributed by atoms with Gasteiger partial charge in [0.1, 0.15) is 0 Å². The minimum atomic E-state index is -1.76. The predicted octanol–water partition coefficient (Wildman–Crippen LogP) is 4.49. The van der Waals surface area contributed by atoms with Gasteiger partial charge in [0, 0.05) is 0 Å². The van der Waals surface area contributed by atoms with Crippen molar-refractivity contribution in [1.82, 2.24) is 0 Å². The Kier molecular flexibility index (Phi) is 5.09. The van der Waals surface area contributed by atoms with Crippen LogP contribution in [-0.4, -0.2) is 8.32 Å². The highest BCUT2D eigenvalue weighted by Crippen LogP contribution is 2.38. The lowest BCUT2D eigenvalue weighted by molar-refractivity contribution is 0.395. The van der Waals surface area contributed by atoms with Gasteiger partial charge in [-0.3, -0.25) is 0 Å². The van der Waals surface area contributed by atoms with Gasteiger partial charge in [0.25, 0.3) is 0 Å². The molecule has 90 valence electrons. The first-order chi connectivity index (χ1) is 7.12. The van der Waals surface area contributed by atoms with Crippen LogP contribution in [-0.2, 0) is 4.43 Å². The van der Waals surface area contributed by atoms with E-state index in [-0.39, 0.29) is 5.04 Å². The number of hydrogen-bond acceptors (Lipinski definition) is 1. The van der Waals surface area contributed by atoms with Crippen LogP contribution in [0.3, 0.4) is 0 Å². The van der Waals surface area contributed by atoms with E-state index in [9.17, 15) is 0 Å². The van der Waals surface area contributed by atoms with Crippen molar-refractivity contribution in [3.8, 4) is 11.8 Å². The second-order valence-electron chi connectivity index (χ2n) is 5.51. The monoisotopic (exact) mass is 236 g/mol. The molecule has 0 aliphatic heterocycles. The lowest BCUT2D eigenvalue weighted by Gasteiger charge is -2.37. The zero-order chi connectivity index (χ0) is 13.0. The molecule has 0 atom stereocenters. The molecule has 0 aromatic rings. The van der Waals surface area contributed by atoms with Crippen LogP contribution < -0.4 is 0 Å². The van der Waals surface area contributed by atoms with Gasteiger partial charge in [-0.05, 0) is 43.6 Å². The number of allylic oxidation sites excluding steroid dienone is 2. The lowest BCUT2D eigenvalue weighted by atomic mass is 10.2.